The van der Waals surface area contributed by atoms with Gasteiger partial charge in [0.1, 0.15) is 6.33 Å². The summed E-state index contributed by atoms with van der Waals surface area (Å²) < 4.78 is 1.85. The first kappa shape index (κ1) is 23.4. The molecule has 0 unspecified atom stereocenters. The van der Waals surface area contributed by atoms with E-state index in [-0.39, 0.29) is 0 Å². The van der Waals surface area contributed by atoms with Crippen molar-refractivity contribution in [1.82, 2.24) is 24.5 Å². The SMILES string of the molecule is CC(C)c1cc(CN2CCC(c3ccc4[nH]c(-c5ccc6ncnn6c5)c(C(C)C)c4c3)CC2)cs1. The second-order valence-corrected chi connectivity index (χ2v) is 11.9. The van der Waals surface area contributed by atoms with Gasteiger partial charge in [-0.15, -0.1) is 11.3 Å². The van der Waals surface area contributed by atoms with Gasteiger partial charge in [-0.25, -0.2) is 9.50 Å². The molecule has 0 spiro atoms. The first-order chi connectivity index (χ1) is 17.5. The van der Waals surface area contributed by atoms with E-state index in [1.807, 2.05) is 21.9 Å². The molecule has 1 N–H and O–H groups in total. The van der Waals surface area contributed by atoms with Crippen LogP contribution in [0.15, 0.2) is 54.3 Å². The maximum absolute atomic E-state index is 4.34. The van der Waals surface area contributed by atoms with Crippen LogP contribution in [0, 0.1) is 0 Å². The molecule has 1 fully saturated rings. The minimum atomic E-state index is 0.415. The molecule has 5 heterocycles. The lowest BCUT2D eigenvalue weighted by Crippen LogP contribution is -2.32. The van der Waals surface area contributed by atoms with Gasteiger partial charge >= 0.3 is 0 Å². The fraction of sp³-hybridized carbons (Fsp3) is 0.400. The number of hydrogen-bond donors (Lipinski definition) is 1. The smallest absolute Gasteiger partial charge is 0.155 e. The number of rotatable bonds is 6. The van der Waals surface area contributed by atoms with Gasteiger partial charge in [0.25, 0.3) is 0 Å². The van der Waals surface area contributed by atoms with Crippen LogP contribution in [0.1, 0.15) is 79.9 Å². The molecule has 0 atom stereocenters. The van der Waals surface area contributed by atoms with E-state index in [0.717, 1.165) is 17.8 Å². The van der Waals surface area contributed by atoms with Gasteiger partial charge in [-0.05, 0) is 96.1 Å². The Hall–Kier alpha value is -2.96. The number of H-pyrrole nitrogens is 1. The van der Waals surface area contributed by atoms with Crippen LogP contribution in [0.2, 0.25) is 0 Å². The number of aromatic amines is 1. The van der Waals surface area contributed by atoms with Crippen LogP contribution < -0.4 is 0 Å². The number of fused-ring (bicyclic) bond motifs is 2. The molecule has 0 amide bonds. The van der Waals surface area contributed by atoms with Crippen molar-refractivity contribution in [2.24, 2.45) is 0 Å². The molecular formula is C30H35N5S. The number of nitrogens with one attached hydrogen (secondary N) is 1. The zero-order valence-electron chi connectivity index (χ0n) is 21.7. The maximum Gasteiger partial charge on any atom is 0.155 e. The summed E-state index contributed by atoms with van der Waals surface area (Å²) in [4.78, 5) is 12.2. The Bertz CT molecular complexity index is 1500. The van der Waals surface area contributed by atoms with Gasteiger partial charge in [-0.1, -0.05) is 33.8 Å². The van der Waals surface area contributed by atoms with Gasteiger partial charge in [0.05, 0.1) is 5.69 Å². The average Bonchev–Trinajstić information content (AvgIpc) is 3.61. The number of nitrogens with zero attached hydrogens (tertiary/aromatic N) is 4. The lowest BCUT2D eigenvalue weighted by atomic mass is 9.87. The minimum absolute atomic E-state index is 0.415. The average molecular weight is 498 g/mol. The number of pyridine rings is 1. The van der Waals surface area contributed by atoms with E-state index in [4.69, 9.17) is 0 Å². The molecule has 0 aliphatic carbocycles. The quantitative estimate of drug-likeness (QED) is 0.263. The Morgan fingerprint density at radius 2 is 1.86 bits per heavy atom. The first-order valence-corrected chi connectivity index (χ1v) is 14.1. The molecule has 5 aromatic rings. The highest BCUT2D eigenvalue weighted by molar-refractivity contribution is 7.10. The highest BCUT2D eigenvalue weighted by Crippen LogP contribution is 2.38. The van der Waals surface area contributed by atoms with Crippen LogP contribution in [-0.4, -0.2) is 37.6 Å². The Balaban J connectivity index is 1.23. The molecule has 0 saturated carbocycles. The summed E-state index contributed by atoms with van der Waals surface area (Å²) >= 11 is 1.91. The van der Waals surface area contributed by atoms with Crippen molar-refractivity contribution in [3.63, 3.8) is 0 Å². The maximum atomic E-state index is 4.34. The number of aromatic nitrogens is 4. The van der Waals surface area contributed by atoms with Crippen LogP contribution in [0.3, 0.4) is 0 Å². The number of thiophene rings is 1. The third kappa shape index (κ3) is 4.37. The standard InChI is InChI=1S/C30H35N5S/c1-19(2)27-13-21(17-36-27)15-34-11-9-22(10-12-34)23-5-7-26-25(14-23)29(20(3)4)30(33-26)24-6-8-28-31-18-32-35(28)16-24/h5-8,13-14,16-20,22,33H,9-12,15H2,1-4H3. The number of hydrogen-bond acceptors (Lipinski definition) is 4. The van der Waals surface area contributed by atoms with Crippen molar-refractivity contribution in [3.8, 4) is 11.3 Å². The summed E-state index contributed by atoms with van der Waals surface area (Å²) in [6.07, 6.45) is 6.13. The second kappa shape index (κ2) is 9.49. The van der Waals surface area contributed by atoms with Gasteiger partial charge in [0.15, 0.2) is 5.65 Å². The highest BCUT2D eigenvalue weighted by Gasteiger charge is 2.23. The molecule has 6 heteroatoms. The summed E-state index contributed by atoms with van der Waals surface area (Å²) in [5, 5.41) is 8.05. The monoisotopic (exact) mass is 497 g/mol. The third-order valence-corrected chi connectivity index (χ3v) is 8.99. The summed E-state index contributed by atoms with van der Waals surface area (Å²) in [5.74, 6) is 1.67. The predicted molar refractivity (Wildman–Crippen MR) is 150 cm³/mol. The fourth-order valence-corrected chi connectivity index (χ4v) is 6.66. The highest BCUT2D eigenvalue weighted by atomic mass is 32.1. The molecule has 5 nitrogen and oxygen atoms in total. The number of likely N-dealkylation sites (tertiary alicyclic amines) is 1. The summed E-state index contributed by atoms with van der Waals surface area (Å²) in [5.41, 5.74) is 8.79. The van der Waals surface area contributed by atoms with Crippen LogP contribution in [0.4, 0.5) is 0 Å². The zero-order chi connectivity index (χ0) is 24.8. The largest absolute Gasteiger partial charge is 0.354 e. The minimum Gasteiger partial charge on any atom is -0.354 e. The molecule has 1 aliphatic rings. The molecule has 6 rings (SSSR count). The van der Waals surface area contributed by atoms with Crippen molar-refractivity contribution in [1.29, 1.82) is 0 Å². The van der Waals surface area contributed by atoms with Crippen molar-refractivity contribution >= 4 is 27.9 Å². The van der Waals surface area contributed by atoms with E-state index in [1.54, 1.807) is 6.33 Å². The van der Waals surface area contributed by atoms with Gasteiger partial charge in [0, 0.05) is 34.1 Å². The predicted octanol–water partition coefficient (Wildman–Crippen LogP) is 7.57. The van der Waals surface area contributed by atoms with Gasteiger partial charge in [0.2, 0.25) is 0 Å². The van der Waals surface area contributed by atoms with E-state index in [2.05, 4.69) is 89.6 Å². The number of benzene rings is 1. The third-order valence-electron chi connectivity index (χ3n) is 7.71. The van der Waals surface area contributed by atoms with Crippen LogP contribution in [0.5, 0.6) is 0 Å². The normalized spacial score (nSPS) is 15.7. The molecule has 0 bridgehead atoms. The fourth-order valence-electron chi connectivity index (χ4n) is 5.74. The van der Waals surface area contributed by atoms with Gasteiger partial charge in [-0.2, -0.15) is 5.10 Å². The van der Waals surface area contributed by atoms with Crippen LogP contribution >= 0.6 is 11.3 Å². The molecule has 36 heavy (non-hydrogen) atoms. The first-order valence-electron chi connectivity index (χ1n) is 13.2. The lowest BCUT2D eigenvalue weighted by Gasteiger charge is -2.32. The lowest BCUT2D eigenvalue weighted by molar-refractivity contribution is 0.205. The van der Waals surface area contributed by atoms with Gasteiger partial charge < -0.3 is 4.98 Å². The molecule has 4 aromatic heterocycles. The summed E-state index contributed by atoms with van der Waals surface area (Å²) in [7, 11) is 0. The van der Waals surface area contributed by atoms with E-state index < -0.39 is 0 Å². The Kier molecular flexibility index (Phi) is 6.18. The van der Waals surface area contributed by atoms with Gasteiger partial charge in [-0.3, -0.25) is 4.90 Å². The molecule has 0 radical (unpaired) electrons. The number of piperidine rings is 1. The summed E-state index contributed by atoms with van der Waals surface area (Å²) in [6.45, 7) is 12.6. The molecule has 1 aromatic carbocycles. The van der Waals surface area contributed by atoms with Crippen LogP contribution in [-0.2, 0) is 6.54 Å². The van der Waals surface area contributed by atoms with Crippen LogP contribution in [0.25, 0.3) is 27.8 Å². The summed E-state index contributed by atoms with van der Waals surface area (Å²) in [6, 6.07) is 13.7. The Morgan fingerprint density at radius 1 is 1.03 bits per heavy atom. The van der Waals surface area contributed by atoms with Crippen molar-refractivity contribution in [2.75, 3.05) is 13.1 Å². The Morgan fingerprint density at radius 3 is 2.61 bits per heavy atom. The second-order valence-electron chi connectivity index (χ2n) is 10.9. The van der Waals surface area contributed by atoms with Crippen molar-refractivity contribution in [2.45, 2.75) is 64.8 Å². The topological polar surface area (TPSA) is 49.2 Å². The van der Waals surface area contributed by atoms with Crippen molar-refractivity contribution in [3.05, 3.63) is 75.9 Å². The van der Waals surface area contributed by atoms with E-state index >= 15 is 0 Å². The van der Waals surface area contributed by atoms with E-state index in [9.17, 15) is 0 Å². The van der Waals surface area contributed by atoms with Crippen molar-refractivity contribution < 1.29 is 0 Å². The van der Waals surface area contributed by atoms with E-state index in [1.165, 1.54) is 64.1 Å². The molecule has 1 aliphatic heterocycles. The molecule has 1 saturated heterocycles. The molecular weight excluding hydrogens is 462 g/mol. The molecule has 186 valence electrons. The Labute approximate surface area is 217 Å². The van der Waals surface area contributed by atoms with E-state index in [0.29, 0.717) is 17.8 Å². The zero-order valence-corrected chi connectivity index (χ0v) is 22.5.